The molecule has 5 nitrogen and oxygen atoms in total. The summed E-state index contributed by atoms with van der Waals surface area (Å²) in [5.41, 5.74) is 0.589. The highest BCUT2D eigenvalue weighted by Gasteiger charge is 2.72. The van der Waals surface area contributed by atoms with E-state index in [1.54, 1.807) is 33.8 Å². The minimum Gasteiger partial charge on any atom is -0.459 e. The predicted molar refractivity (Wildman–Crippen MR) is 228 cm³/mol. The molecule has 0 bridgehead atoms. The van der Waals surface area contributed by atoms with Gasteiger partial charge in [-0.25, -0.2) is 4.79 Å². The third-order valence-electron chi connectivity index (χ3n) is 12.6. The van der Waals surface area contributed by atoms with Gasteiger partial charge in [0.2, 0.25) is 8.32 Å². The van der Waals surface area contributed by atoms with Gasteiger partial charge in [-0.1, -0.05) is 132 Å². The van der Waals surface area contributed by atoms with Crippen molar-refractivity contribution in [1.82, 2.24) is 0 Å². The van der Waals surface area contributed by atoms with E-state index in [9.17, 15) is 26.7 Å². The van der Waals surface area contributed by atoms with Gasteiger partial charge >= 0.3 is 24.0 Å². The van der Waals surface area contributed by atoms with Gasteiger partial charge in [-0.2, -0.15) is 30.7 Å². The Labute approximate surface area is 353 Å². The zero-order valence-electron chi connectivity index (χ0n) is 37.6. The summed E-state index contributed by atoms with van der Waals surface area (Å²) < 4.78 is 126. The first-order chi connectivity index (χ1) is 27.4. The van der Waals surface area contributed by atoms with Gasteiger partial charge in [-0.05, 0) is 77.5 Å². The second kappa shape index (κ2) is 23.6. The molecular formula is C45H75F7O5Si2. The number of alkyl halides is 7. The van der Waals surface area contributed by atoms with E-state index in [1.165, 1.54) is 6.08 Å². The summed E-state index contributed by atoms with van der Waals surface area (Å²) in [6, 6.07) is 8.96. The number of benzene rings is 1. The maximum absolute atomic E-state index is 15.0. The molecule has 0 amide bonds. The summed E-state index contributed by atoms with van der Waals surface area (Å²) in [4.78, 5) is 13.6. The Kier molecular flexibility index (Phi) is 21.4. The van der Waals surface area contributed by atoms with E-state index in [0.29, 0.717) is 19.3 Å². The van der Waals surface area contributed by atoms with Crippen molar-refractivity contribution in [3.8, 4) is 0 Å². The fraction of sp³-hybridized carbons (Fsp3) is 0.800. The highest BCUT2D eigenvalue weighted by molar-refractivity contribution is 6.77. The van der Waals surface area contributed by atoms with Crippen molar-refractivity contribution >= 4 is 22.6 Å². The lowest BCUT2D eigenvalue weighted by Gasteiger charge is -2.46. The van der Waals surface area contributed by atoms with Gasteiger partial charge < -0.3 is 18.3 Å². The van der Waals surface area contributed by atoms with Crippen molar-refractivity contribution in [2.45, 2.75) is 230 Å². The largest absolute Gasteiger partial charge is 0.459 e. The third-order valence-corrected chi connectivity index (χ3v) is 24.4. The smallest absolute Gasteiger partial charge is 0.459 e. The average molecular weight is 885 g/mol. The zero-order chi connectivity index (χ0) is 44.8. The molecule has 0 unspecified atom stereocenters. The SMILES string of the molecule is CCCCC[C@H]1CCCCC[C@H](O[Si](CCC(F)(F)C(F)(F)C(F)(F)F)(C(C)C)C(C)C)C[C@@H](OCc2ccccc2)[C@H](O[Si](C(C)C)(C(C)C)C(C)C)C=CC(=O)O1. The van der Waals surface area contributed by atoms with Crippen molar-refractivity contribution in [1.29, 1.82) is 0 Å². The van der Waals surface area contributed by atoms with Gasteiger partial charge in [0.25, 0.3) is 0 Å². The minimum atomic E-state index is -6.41. The number of unbranched alkanes of at least 4 members (excludes halogenated alkanes) is 2. The Balaban J connectivity index is 2.80. The number of esters is 1. The van der Waals surface area contributed by atoms with Crippen LogP contribution in [-0.2, 0) is 29.7 Å². The monoisotopic (exact) mass is 885 g/mol. The molecule has 14 heteroatoms. The van der Waals surface area contributed by atoms with Crippen molar-refractivity contribution in [2.75, 3.05) is 0 Å². The molecule has 342 valence electrons. The van der Waals surface area contributed by atoms with Crippen LogP contribution in [0, 0.1) is 0 Å². The maximum atomic E-state index is 15.0. The van der Waals surface area contributed by atoms with Crippen LogP contribution >= 0.6 is 0 Å². The van der Waals surface area contributed by atoms with Gasteiger partial charge in [0.1, 0.15) is 6.10 Å². The van der Waals surface area contributed by atoms with Gasteiger partial charge in [0, 0.05) is 25.0 Å². The minimum absolute atomic E-state index is 0.166. The van der Waals surface area contributed by atoms with Crippen LogP contribution in [0.1, 0.15) is 152 Å². The summed E-state index contributed by atoms with van der Waals surface area (Å²) in [5.74, 6) is -12.0. The molecule has 0 aliphatic carbocycles. The third kappa shape index (κ3) is 14.7. The van der Waals surface area contributed by atoms with E-state index >= 15 is 8.78 Å². The first-order valence-corrected chi connectivity index (χ1v) is 26.5. The molecule has 2 rings (SSSR count). The molecule has 0 spiro atoms. The van der Waals surface area contributed by atoms with E-state index in [1.807, 2.05) is 30.3 Å². The zero-order valence-corrected chi connectivity index (χ0v) is 39.6. The standard InChI is InChI=1S/C45H75F7O5Si2/c1-12-13-16-23-38-24-19-15-20-25-39(56-58(32(2)3,33(4)5)29-28-43(46,47)44(48,49)45(50,51)52)30-41(54-31-37-21-17-14-18-22-37)40(26-27-42(53)55-38)57-59(34(6)7,35(8)9)36(10)11/h14,17-18,21-22,26-27,32-36,38-41H,12-13,15-16,19-20,23-25,28-31H2,1-11H3/t38-,39-,40+,41+/m0/s1. The van der Waals surface area contributed by atoms with Gasteiger partial charge in [-0.3, -0.25) is 0 Å². The number of hydrogen-bond acceptors (Lipinski definition) is 5. The lowest BCUT2D eigenvalue weighted by molar-refractivity contribution is -0.354. The van der Waals surface area contributed by atoms with Crippen LogP contribution in [0.2, 0.25) is 33.7 Å². The van der Waals surface area contributed by atoms with Crippen molar-refractivity contribution in [2.24, 2.45) is 0 Å². The quantitative estimate of drug-likeness (QED) is 0.0565. The lowest BCUT2D eigenvalue weighted by Crippen LogP contribution is -2.55. The number of ether oxygens (including phenoxy) is 2. The van der Waals surface area contributed by atoms with Crippen LogP contribution < -0.4 is 0 Å². The van der Waals surface area contributed by atoms with Gasteiger partial charge in [-0.15, -0.1) is 0 Å². The number of hydrogen-bond donors (Lipinski definition) is 0. The van der Waals surface area contributed by atoms with Crippen LogP contribution in [0.3, 0.4) is 0 Å². The summed E-state index contributed by atoms with van der Waals surface area (Å²) in [6.45, 7) is 22.4. The highest BCUT2D eigenvalue weighted by Crippen LogP contribution is 2.51. The molecule has 0 aromatic heterocycles. The van der Waals surface area contributed by atoms with Gasteiger partial charge in [0.05, 0.1) is 18.8 Å². The Bertz CT molecular complexity index is 1360. The summed E-state index contributed by atoms with van der Waals surface area (Å²) in [5, 5.41) is 0. The van der Waals surface area contributed by atoms with Crippen molar-refractivity contribution in [3.63, 3.8) is 0 Å². The second-order valence-corrected chi connectivity index (χ2v) is 28.7. The number of cyclic esters (lactones) is 1. The summed E-state index contributed by atoms with van der Waals surface area (Å²) in [7, 11) is -6.20. The van der Waals surface area contributed by atoms with Crippen LogP contribution in [-0.4, -0.2) is 65.0 Å². The normalized spacial score (nSPS) is 21.5. The van der Waals surface area contributed by atoms with E-state index in [-0.39, 0.29) is 35.8 Å². The molecule has 1 aliphatic heterocycles. The fourth-order valence-corrected chi connectivity index (χ4v) is 19.4. The van der Waals surface area contributed by atoms with Crippen molar-refractivity contribution < 1.29 is 53.9 Å². The van der Waals surface area contributed by atoms with Crippen LogP contribution in [0.15, 0.2) is 42.5 Å². The summed E-state index contributed by atoms with van der Waals surface area (Å²) in [6.07, 6.45) is -0.0563. The fourth-order valence-electron chi connectivity index (χ4n) is 9.23. The Morgan fingerprint density at radius 2 is 1.34 bits per heavy atom. The van der Waals surface area contributed by atoms with E-state index in [2.05, 4.69) is 48.5 Å². The van der Waals surface area contributed by atoms with Crippen LogP contribution in [0.5, 0.6) is 0 Å². The number of rotatable bonds is 20. The molecule has 0 saturated carbocycles. The molecule has 1 aromatic carbocycles. The Hall–Kier alpha value is -1.75. The molecule has 1 aliphatic rings. The first-order valence-electron chi connectivity index (χ1n) is 22.1. The van der Waals surface area contributed by atoms with Crippen molar-refractivity contribution in [3.05, 3.63) is 48.0 Å². The molecule has 0 fully saturated rings. The maximum Gasteiger partial charge on any atom is 0.459 e. The van der Waals surface area contributed by atoms with Crippen LogP contribution in [0.25, 0.3) is 0 Å². The topological polar surface area (TPSA) is 54.0 Å². The number of halogens is 7. The number of carbonyl (C=O) groups excluding carboxylic acids is 1. The van der Waals surface area contributed by atoms with E-state index in [4.69, 9.17) is 18.3 Å². The number of carbonyl (C=O) groups is 1. The van der Waals surface area contributed by atoms with Gasteiger partial charge in [0.15, 0.2) is 8.32 Å². The average Bonchev–Trinajstić information content (AvgIpc) is 3.13. The molecule has 4 atom stereocenters. The predicted octanol–water partition coefficient (Wildman–Crippen LogP) is 14.9. The van der Waals surface area contributed by atoms with Crippen LogP contribution in [0.4, 0.5) is 30.7 Å². The Morgan fingerprint density at radius 1 is 0.763 bits per heavy atom. The Morgan fingerprint density at radius 3 is 1.86 bits per heavy atom. The first kappa shape index (κ1) is 53.4. The molecule has 0 radical (unpaired) electrons. The highest BCUT2D eigenvalue weighted by atomic mass is 28.4. The molecule has 1 heterocycles. The molecular weight excluding hydrogens is 810 g/mol. The molecule has 59 heavy (non-hydrogen) atoms. The van der Waals surface area contributed by atoms with E-state index in [0.717, 1.165) is 44.1 Å². The molecule has 0 N–H and O–H groups in total. The molecule has 0 saturated heterocycles. The van der Waals surface area contributed by atoms with E-state index < -0.39 is 82.5 Å². The molecule has 1 aromatic rings. The second-order valence-electron chi connectivity index (χ2n) is 18.3. The lowest BCUT2D eigenvalue weighted by atomic mass is 9.99. The summed E-state index contributed by atoms with van der Waals surface area (Å²) >= 11 is 0.